The van der Waals surface area contributed by atoms with Crippen molar-refractivity contribution in [3.05, 3.63) is 30.1 Å². The molecule has 0 aliphatic heterocycles. The molecule has 2 N–H and O–H groups in total. The lowest BCUT2D eigenvalue weighted by molar-refractivity contribution is 0.420. The summed E-state index contributed by atoms with van der Waals surface area (Å²) < 4.78 is 0. The van der Waals surface area contributed by atoms with Crippen LogP contribution in [0.5, 0.6) is 0 Å². The lowest BCUT2D eigenvalue weighted by atomic mass is 9.92. The SMILES string of the molecule is CCC[C@@](C)(N)Cc1ccccn1. The lowest BCUT2D eigenvalue weighted by Gasteiger charge is -2.23. The molecule has 0 amide bonds. The highest BCUT2D eigenvalue weighted by Crippen LogP contribution is 2.13. The van der Waals surface area contributed by atoms with Crippen LogP contribution >= 0.6 is 0 Å². The van der Waals surface area contributed by atoms with Crippen molar-refractivity contribution in [2.24, 2.45) is 5.73 Å². The number of aromatic nitrogens is 1. The maximum Gasteiger partial charge on any atom is 0.0421 e. The van der Waals surface area contributed by atoms with Gasteiger partial charge in [0.1, 0.15) is 0 Å². The van der Waals surface area contributed by atoms with Crippen molar-refractivity contribution in [3.8, 4) is 0 Å². The summed E-state index contributed by atoms with van der Waals surface area (Å²) >= 11 is 0. The van der Waals surface area contributed by atoms with Crippen LogP contribution in [0.3, 0.4) is 0 Å². The van der Waals surface area contributed by atoms with Crippen LogP contribution in [0.2, 0.25) is 0 Å². The predicted octanol–water partition coefficient (Wildman–Crippen LogP) is 2.14. The molecular formula is C11H18N2. The molecule has 0 bridgehead atoms. The second kappa shape index (κ2) is 4.38. The maximum absolute atomic E-state index is 6.12. The zero-order valence-corrected chi connectivity index (χ0v) is 8.46. The molecule has 1 atom stereocenters. The fourth-order valence-corrected chi connectivity index (χ4v) is 1.58. The third-order valence-electron chi connectivity index (χ3n) is 2.13. The molecule has 0 saturated heterocycles. The Kier molecular flexibility index (Phi) is 3.43. The summed E-state index contributed by atoms with van der Waals surface area (Å²) in [5, 5.41) is 0. The summed E-state index contributed by atoms with van der Waals surface area (Å²) in [4.78, 5) is 4.27. The first-order valence-corrected chi connectivity index (χ1v) is 4.83. The smallest absolute Gasteiger partial charge is 0.0421 e. The van der Waals surface area contributed by atoms with E-state index in [1.165, 1.54) is 0 Å². The molecule has 0 saturated carbocycles. The van der Waals surface area contributed by atoms with Crippen LogP contribution < -0.4 is 5.73 Å². The average molecular weight is 178 g/mol. The van der Waals surface area contributed by atoms with Crippen LogP contribution in [0.4, 0.5) is 0 Å². The molecule has 1 rings (SSSR count). The van der Waals surface area contributed by atoms with Crippen molar-refractivity contribution in [1.29, 1.82) is 0 Å². The highest BCUT2D eigenvalue weighted by molar-refractivity contribution is 5.07. The summed E-state index contributed by atoms with van der Waals surface area (Å²) in [6.07, 6.45) is 4.85. The second-order valence-electron chi connectivity index (χ2n) is 3.90. The zero-order chi connectivity index (χ0) is 9.73. The summed E-state index contributed by atoms with van der Waals surface area (Å²) in [6.45, 7) is 4.24. The van der Waals surface area contributed by atoms with Gasteiger partial charge in [-0.3, -0.25) is 4.98 Å². The Morgan fingerprint density at radius 1 is 1.46 bits per heavy atom. The fourth-order valence-electron chi connectivity index (χ4n) is 1.58. The second-order valence-corrected chi connectivity index (χ2v) is 3.90. The van der Waals surface area contributed by atoms with Crippen LogP contribution in [0.15, 0.2) is 24.4 Å². The minimum Gasteiger partial charge on any atom is -0.325 e. The Bertz CT molecular complexity index is 242. The quantitative estimate of drug-likeness (QED) is 0.767. The van der Waals surface area contributed by atoms with Crippen molar-refractivity contribution in [2.75, 3.05) is 0 Å². The normalized spacial score (nSPS) is 15.3. The predicted molar refractivity (Wildman–Crippen MR) is 55.4 cm³/mol. The van der Waals surface area contributed by atoms with Gasteiger partial charge in [0.2, 0.25) is 0 Å². The Labute approximate surface area is 80.2 Å². The standard InChI is InChI=1S/C11H18N2/c1-3-7-11(2,12)9-10-6-4-5-8-13-10/h4-6,8H,3,7,9,12H2,1-2H3/t11-/m1/s1. The summed E-state index contributed by atoms with van der Waals surface area (Å²) in [7, 11) is 0. The molecule has 2 heteroatoms. The molecule has 0 aliphatic rings. The number of nitrogens with zero attached hydrogens (tertiary/aromatic N) is 1. The number of nitrogens with two attached hydrogens (primary N) is 1. The first-order chi connectivity index (χ1) is 6.14. The van der Waals surface area contributed by atoms with Crippen LogP contribution in [0, 0.1) is 0 Å². The largest absolute Gasteiger partial charge is 0.325 e. The van der Waals surface area contributed by atoms with E-state index in [4.69, 9.17) is 5.73 Å². The number of hydrogen-bond donors (Lipinski definition) is 1. The highest BCUT2D eigenvalue weighted by Gasteiger charge is 2.17. The van der Waals surface area contributed by atoms with E-state index in [1.807, 2.05) is 24.4 Å². The Balaban J connectivity index is 2.58. The van der Waals surface area contributed by atoms with E-state index in [-0.39, 0.29) is 5.54 Å². The van der Waals surface area contributed by atoms with Gasteiger partial charge in [-0.1, -0.05) is 19.4 Å². The molecule has 0 aromatic carbocycles. The topological polar surface area (TPSA) is 38.9 Å². The van der Waals surface area contributed by atoms with Crippen molar-refractivity contribution in [3.63, 3.8) is 0 Å². The van der Waals surface area contributed by atoms with Crippen molar-refractivity contribution >= 4 is 0 Å². The average Bonchev–Trinajstić information content (AvgIpc) is 2.04. The zero-order valence-electron chi connectivity index (χ0n) is 8.46. The van der Waals surface area contributed by atoms with Crippen molar-refractivity contribution in [2.45, 2.75) is 38.6 Å². The summed E-state index contributed by atoms with van der Waals surface area (Å²) in [5.74, 6) is 0. The van der Waals surface area contributed by atoms with Crippen LogP contribution in [0.25, 0.3) is 0 Å². The maximum atomic E-state index is 6.12. The fraction of sp³-hybridized carbons (Fsp3) is 0.545. The van der Waals surface area contributed by atoms with E-state index in [9.17, 15) is 0 Å². The van der Waals surface area contributed by atoms with Gasteiger partial charge in [-0.15, -0.1) is 0 Å². The minimum atomic E-state index is -0.108. The van der Waals surface area contributed by atoms with E-state index in [0.717, 1.165) is 25.0 Å². The molecule has 0 spiro atoms. The Hall–Kier alpha value is -0.890. The van der Waals surface area contributed by atoms with Crippen molar-refractivity contribution in [1.82, 2.24) is 4.98 Å². The van der Waals surface area contributed by atoms with Gasteiger partial charge in [0, 0.05) is 23.9 Å². The first kappa shape index (κ1) is 10.2. The van der Waals surface area contributed by atoms with Crippen LogP contribution in [-0.2, 0) is 6.42 Å². The lowest BCUT2D eigenvalue weighted by Crippen LogP contribution is -2.38. The van der Waals surface area contributed by atoms with E-state index < -0.39 is 0 Å². The first-order valence-electron chi connectivity index (χ1n) is 4.83. The molecule has 0 fully saturated rings. The highest BCUT2D eigenvalue weighted by atomic mass is 14.7. The molecule has 0 radical (unpaired) electrons. The third kappa shape index (κ3) is 3.55. The Morgan fingerprint density at radius 3 is 2.77 bits per heavy atom. The molecule has 1 aromatic rings. The van der Waals surface area contributed by atoms with Crippen molar-refractivity contribution < 1.29 is 0 Å². The molecular weight excluding hydrogens is 160 g/mol. The van der Waals surface area contributed by atoms with E-state index >= 15 is 0 Å². The van der Waals surface area contributed by atoms with Gasteiger partial charge < -0.3 is 5.73 Å². The third-order valence-corrected chi connectivity index (χ3v) is 2.13. The van der Waals surface area contributed by atoms with Gasteiger partial charge in [0.15, 0.2) is 0 Å². The van der Waals surface area contributed by atoms with Gasteiger partial charge in [0.05, 0.1) is 0 Å². The molecule has 2 nitrogen and oxygen atoms in total. The molecule has 0 aliphatic carbocycles. The molecule has 1 heterocycles. The Morgan fingerprint density at radius 2 is 2.23 bits per heavy atom. The summed E-state index contributed by atoms with van der Waals surface area (Å²) in [6, 6.07) is 5.96. The van der Waals surface area contributed by atoms with Gasteiger partial charge in [-0.05, 0) is 25.5 Å². The summed E-state index contributed by atoms with van der Waals surface area (Å²) in [5.41, 5.74) is 7.10. The molecule has 13 heavy (non-hydrogen) atoms. The number of pyridine rings is 1. The van der Waals surface area contributed by atoms with E-state index in [0.29, 0.717) is 0 Å². The van der Waals surface area contributed by atoms with E-state index in [2.05, 4.69) is 18.8 Å². The molecule has 72 valence electrons. The van der Waals surface area contributed by atoms with Gasteiger partial charge in [-0.2, -0.15) is 0 Å². The molecule has 0 unspecified atom stereocenters. The number of hydrogen-bond acceptors (Lipinski definition) is 2. The van der Waals surface area contributed by atoms with Crippen LogP contribution in [0.1, 0.15) is 32.4 Å². The van der Waals surface area contributed by atoms with Crippen LogP contribution in [-0.4, -0.2) is 10.5 Å². The number of rotatable bonds is 4. The van der Waals surface area contributed by atoms with Gasteiger partial charge in [0.25, 0.3) is 0 Å². The molecule has 1 aromatic heterocycles. The van der Waals surface area contributed by atoms with Gasteiger partial charge >= 0.3 is 0 Å². The van der Waals surface area contributed by atoms with E-state index in [1.54, 1.807) is 0 Å². The van der Waals surface area contributed by atoms with Gasteiger partial charge in [-0.25, -0.2) is 0 Å². The minimum absolute atomic E-state index is 0.108. The monoisotopic (exact) mass is 178 g/mol.